The molecule has 0 aromatic heterocycles. The predicted octanol–water partition coefficient (Wildman–Crippen LogP) is 3.32. The molecule has 5 heteroatoms. The predicted molar refractivity (Wildman–Crippen MR) is 66.4 cm³/mol. The Morgan fingerprint density at radius 2 is 1.74 bits per heavy atom. The summed E-state index contributed by atoms with van der Waals surface area (Å²) < 4.78 is 23.9. The lowest BCUT2D eigenvalue weighted by atomic mass is 10.2. The molecule has 2 rings (SSSR count). The van der Waals surface area contributed by atoms with Crippen LogP contribution in [0.4, 0.5) is 4.39 Å². The van der Waals surface area contributed by atoms with Crippen LogP contribution in [0.5, 0.6) is 17.2 Å². The number of carboxylic acid groups (broad SMARTS) is 1. The topological polar surface area (TPSA) is 55.8 Å². The SMILES string of the molecule is COc1ccc(Oc2c(F)cccc2C(=O)O)cc1. The van der Waals surface area contributed by atoms with Gasteiger partial charge >= 0.3 is 5.97 Å². The molecule has 19 heavy (non-hydrogen) atoms. The number of rotatable bonds is 4. The molecule has 98 valence electrons. The number of ether oxygens (including phenoxy) is 2. The Balaban J connectivity index is 2.34. The summed E-state index contributed by atoms with van der Waals surface area (Å²) in [5.74, 6) is -1.33. The van der Waals surface area contributed by atoms with Crippen molar-refractivity contribution in [3.63, 3.8) is 0 Å². The highest BCUT2D eigenvalue weighted by atomic mass is 19.1. The largest absolute Gasteiger partial charge is 0.497 e. The maximum atomic E-state index is 13.6. The van der Waals surface area contributed by atoms with Crippen LogP contribution in [0, 0.1) is 5.82 Å². The zero-order valence-electron chi connectivity index (χ0n) is 10.1. The lowest BCUT2D eigenvalue weighted by Crippen LogP contribution is -2.01. The Hall–Kier alpha value is -2.56. The van der Waals surface area contributed by atoms with Crippen LogP contribution in [0.25, 0.3) is 0 Å². The van der Waals surface area contributed by atoms with Crippen LogP contribution in [-0.4, -0.2) is 18.2 Å². The summed E-state index contributed by atoms with van der Waals surface area (Å²) in [7, 11) is 1.52. The van der Waals surface area contributed by atoms with Crippen LogP contribution >= 0.6 is 0 Å². The zero-order valence-corrected chi connectivity index (χ0v) is 10.1. The van der Waals surface area contributed by atoms with Crippen LogP contribution in [0.1, 0.15) is 10.4 Å². The summed E-state index contributed by atoms with van der Waals surface area (Å²) in [6.07, 6.45) is 0. The molecular weight excluding hydrogens is 251 g/mol. The van der Waals surface area contributed by atoms with Gasteiger partial charge in [0.2, 0.25) is 0 Å². The van der Waals surface area contributed by atoms with Crippen molar-refractivity contribution in [2.45, 2.75) is 0 Å². The molecule has 0 aliphatic rings. The van der Waals surface area contributed by atoms with Gasteiger partial charge in [-0.3, -0.25) is 0 Å². The Bertz CT molecular complexity index is 593. The quantitative estimate of drug-likeness (QED) is 0.918. The minimum atomic E-state index is -1.25. The van der Waals surface area contributed by atoms with Gasteiger partial charge in [-0.25, -0.2) is 9.18 Å². The van der Waals surface area contributed by atoms with Crippen LogP contribution in [0.3, 0.4) is 0 Å². The highest BCUT2D eigenvalue weighted by Gasteiger charge is 2.16. The van der Waals surface area contributed by atoms with Crippen LogP contribution in [0.15, 0.2) is 42.5 Å². The van der Waals surface area contributed by atoms with E-state index in [-0.39, 0.29) is 11.3 Å². The normalized spacial score (nSPS) is 10.0. The van der Waals surface area contributed by atoms with Crippen molar-refractivity contribution < 1.29 is 23.8 Å². The van der Waals surface area contributed by atoms with E-state index >= 15 is 0 Å². The lowest BCUT2D eigenvalue weighted by Gasteiger charge is -2.10. The molecule has 0 aliphatic heterocycles. The van der Waals surface area contributed by atoms with E-state index in [1.54, 1.807) is 24.3 Å². The summed E-state index contributed by atoms with van der Waals surface area (Å²) in [4.78, 5) is 11.0. The summed E-state index contributed by atoms with van der Waals surface area (Å²) in [5.41, 5.74) is -0.226. The second kappa shape index (κ2) is 5.39. The maximum absolute atomic E-state index is 13.6. The van der Waals surface area contributed by atoms with Gasteiger partial charge in [-0.05, 0) is 36.4 Å². The van der Waals surface area contributed by atoms with E-state index in [1.807, 2.05) is 0 Å². The number of benzene rings is 2. The average molecular weight is 262 g/mol. The van der Waals surface area contributed by atoms with Crippen molar-refractivity contribution in [3.8, 4) is 17.2 Å². The van der Waals surface area contributed by atoms with E-state index < -0.39 is 11.8 Å². The summed E-state index contributed by atoms with van der Waals surface area (Å²) in [6.45, 7) is 0. The number of para-hydroxylation sites is 1. The number of carboxylic acids is 1. The lowest BCUT2D eigenvalue weighted by molar-refractivity contribution is 0.0693. The second-order valence-corrected chi connectivity index (χ2v) is 3.70. The standard InChI is InChI=1S/C14H11FO4/c1-18-9-5-7-10(8-6-9)19-13-11(14(16)17)3-2-4-12(13)15/h2-8H,1H3,(H,16,17). The zero-order chi connectivity index (χ0) is 13.8. The Labute approximate surface area is 109 Å². The minimum absolute atomic E-state index is 0.226. The van der Waals surface area contributed by atoms with Gasteiger partial charge in [-0.2, -0.15) is 0 Å². The molecule has 0 fully saturated rings. The molecule has 0 unspecified atom stereocenters. The van der Waals surface area contributed by atoms with E-state index in [0.717, 1.165) is 6.07 Å². The van der Waals surface area contributed by atoms with E-state index in [1.165, 1.54) is 19.2 Å². The molecule has 0 atom stereocenters. The van der Waals surface area contributed by atoms with Gasteiger partial charge in [0.05, 0.1) is 7.11 Å². The highest BCUT2D eigenvalue weighted by Crippen LogP contribution is 2.29. The van der Waals surface area contributed by atoms with E-state index in [0.29, 0.717) is 11.5 Å². The molecule has 0 heterocycles. The molecular formula is C14H11FO4. The Morgan fingerprint density at radius 3 is 2.32 bits per heavy atom. The van der Waals surface area contributed by atoms with Crippen molar-refractivity contribution >= 4 is 5.97 Å². The molecule has 0 bridgehead atoms. The maximum Gasteiger partial charge on any atom is 0.339 e. The third-order valence-electron chi connectivity index (χ3n) is 2.48. The van der Waals surface area contributed by atoms with Crippen molar-refractivity contribution in [2.75, 3.05) is 7.11 Å². The molecule has 2 aromatic rings. The number of aromatic carboxylic acids is 1. The molecule has 4 nitrogen and oxygen atoms in total. The van der Waals surface area contributed by atoms with Crippen LogP contribution in [0.2, 0.25) is 0 Å². The first-order chi connectivity index (χ1) is 9.11. The van der Waals surface area contributed by atoms with Gasteiger partial charge in [0.1, 0.15) is 17.1 Å². The fourth-order valence-electron chi connectivity index (χ4n) is 1.54. The molecule has 0 aliphatic carbocycles. The first kappa shape index (κ1) is 12.9. The number of hydrogen-bond donors (Lipinski definition) is 1. The van der Waals surface area contributed by atoms with Gasteiger partial charge in [-0.15, -0.1) is 0 Å². The molecule has 0 saturated heterocycles. The molecule has 2 aromatic carbocycles. The van der Waals surface area contributed by atoms with Crippen LogP contribution in [-0.2, 0) is 0 Å². The second-order valence-electron chi connectivity index (χ2n) is 3.70. The molecule has 0 saturated carbocycles. The summed E-state index contributed by atoms with van der Waals surface area (Å²) >= 11 is 0. The van der Waals surface area contributed by atoms with Crippen molar-refractivity contribution in [3.05, 3.63) is 53.8 Å². The first-order valence-corrected chi connectivity index (χ1v) is 5.45. The average Bonchev–Trinajstić information content (AvgIpc) is 2.41. The molecule has 0 radical (unpaired) electrons. The van der Waals surface area contributed by atoms with Crippen molar-refractivity contribution in [2.24, 2.45) is 0 Å². The number of methoxy groups -OCH3 is 1. The van der Waals surface area contributed by atoms with Gasteiger partial charge in [0.15, 0.2) is 11.6 Å². The van der Waals surface area contributed by atoms with E-state index in [4.69, 9.17) is 14.6 Å². The fourth-order valence-corrected chi connectivity index (χ4v) is 1.54. The molecule has 0 amide bonds. The summed E-state index contributed by atoms with van der Waals surface area (Å²) in [6, 6.07) is 10.1. The highest BCUT2D eigenvalue weighted by molar-refractivity contribution is 5.91. The van der Waals surface area contributed by atoms with E-state index in [2.05, 4.69) is 0 Å². The van der Waals surface area contributed by atoms with Gasteiger partial charge in [-0.1, -0.05) is 6.07 Å². The van der Waals surface area contributed by atoms with Gasteiger partial charge in [0.25, 0.3) is 0 Å². The number of hydrogen-bond acceptors (Lipinski definition) is 3. The van der Waals surface area contributed by atoms with Gasteiger partial charge in [0, 0.05) is 0 Å². The number of carbonyl (C=O) groups is 1. The summed E-state index contributed by atoms with van der Waals surface area (Å²) in [5, 5.41) is 8.98. The van der Waals surface area contributed by atoms with Crippen molar-refractivity contribution in [1.29, 1.82) is 0 Å². The third kappa shape index (κ3) is 2.82. The Kier molecular flexibility index (Phi) is 3.66. The van der Waals surface area contributed by atoms with E-state index in [9.17, 15) is 9.18 Å². The van der Waals surface area contributed by atoms with Crippen LogP contribution < -0.4 is 9.47 Å². The first-order valence-electron chi connectivity index (χ1n) is 5.45. The minimum Gasteiger partial charge on any atom is -0.497 e. The molecule has 0 spiro atoms. The third-order valence-corrected chi connectivity index (χ3v) is 2.48. The van der Waals surface area contributed by atoms with Gasteiger partial charge < -0.3 is 14.6 Å². The fraction of sp³-hybridized carbons (Fsp3) is 0.0714. The van der Waals surface area contributed by atoms with Crippen molar-refractivity contribution in [1.82, 2.24) is 0 Å². The monoisotopic (exact) mass is 262 g/mol. The Morgan fingerprint density at radius 1 is 1.11 bits per heavy atom. The molecule has 1 N–H and O–H groups in total. The number of halogens is 1. The smallest absolute Gasteiger partial charge is 0.339 e.